The van der Waals surface area contributed by atoms with Crippen molar-refractivity contribution < 1.29 is 9.47 Å². The van der Waals surface area contributed by atoms with E-state index in [0.717, 1.165) is 37.9 Å². The Morgan fingerprint density at radius 2 is 1.90 bits per heavy atom. The average molecular weight is 354 g/mol. The maximum absolute atomic E-state index is 5.98. The monoisotopic (exact) mass is 353 g/mol. The molecule has 106 valence electrons. The van der Waals surface area contributed by atoms with Crippen molar-refractivity contribution in [2.75, 3.05) is 20.0 Å². The van der Waals surface area contributed by atoms with Gasteiger partial charge in [-0.25, -0.2) is 0 Å². The number of halogens is 1. The molecule has 0 bridgehead atoms. The molecule has 0 saturated heterocycles. The minimum absolute atomic E-state index is 0.765. The Hall–Kier alpha value is -1.33. The first kappa shape index (κ1) is 15.1. The van der Waals surface area contributed by atoms with Gasteiger partial charge in [-0.3, -0.25) is 0 Å². The summed E-state index contributed by atoms with van der Waals surface area (Å²) in [6, 6.07) is 11.6. The molecular formula is C15H16BrNO2S. The second kappa shape index (κ2) is 6.90. The molecule has 2 aromatic rings. The van der Waals surface area contributed by atoms with Crippen molar-refractivity contribution in [3.63, 3.8) is 0 Å². The molecule has 0 aliphatic carbocycles. The summed E-state index contributed by atoms with van der Waals surface area (Å²) in [6.07, 6.45) is 0. The van der Waals surface area contributed by atoms with Gasteiger partial charge in [-0.15, -0.1) is 11.8 Å². The molecule has 0 heterocycles. The first-order chi connectivity index (χ1) is 9.63. The third kappa shape index (κ3) is 3.61. The highest BCUT2D eigenvalue weighted by atomic mass is 79.9. The molecule has 0 amide bonds. The van der Waals surface area contributed by atoms with E-state index in [4.69, 9.17) is 15.2 Å². The number of hydrogen-bond acceptors (Lipinski definition) is 4. The van der Waals surface area contributed by atoms with Gasteiger partial charge in [-0.1, -0.05) is 15.9 Å². The zero-order chi connectivity index (χ0) is 14.5. The highest BCUT2D eigenvalue weighted by molar-refractivity contribution is 9.10. The molecule has 20 heavy (non-hydrogen) atoms. The maximum atomic E-state index is 5.98. The topological polar surface area (TPSA) is 44.5 Å². The van der Waals surface area contributed by atoms with Crippen LogP contribution in [-0.4, -0.2) is 14.2 Å². The van der Waals surface area contributed by atoms with Gasteiger partial charge in [0.15, 0.2) is 0 Å². The largest absolute Gasteiger partial charge is 0.497 e. The number of methoxy groups -OCH3 is 2. The molecule has 0 radical (unpaired) electrons. The second-order valence-electron chi connectivity index (χ2n) is 4.15. The Kier molecular flexibility index (Phi) is 5.20. The summed E-state index contributed by atoms with van der Waals surface area (Å²) in [7, 11) is 3.33. The van der Waals surface area contributed by atoms with E-state index in [1.807, 2.05) is 36.4 Å². The number of nitrogens with two attached hydrogens (primary N) is 1. The van der Waals surface area contributed by atoms with Gasteiger partial charge in [0, 0.05) is 26.4 Å². The fourth-order valence-corrected chi connectivity index (χ4v) is 3.28. The van der Waals surface area contributed by atoms with E-state index in [1.54, 1.807) is 26.0 Å². The second-order valence-corrected chi connectivity index (χ2v) is 6.08. The molecule has 0 saturated carbocycles. The molecule has 2 aromatic carbocycles. The lowest BCUT2D eigenvalue weighted by Gasteiger charge is -2.11. The standard InChI is InChI=1S/C15H16BrNO2S/c1-18-12-4-6-14(19-2)10(7-12)9-20-15-8-11(16)3-5-13(15)17/h3-8H,9,17H2,1-2H3. The van der Waals surface area contributed by atoms with Crippen molar-refractivity contribution in [1.29, 1.82) is 0 Å². The van der Waals surface area contributed by atoms with Crippen LogP contribution in [0.2, 0.25) is 0 Å². The quantitative estimate of drug-likeness (QED) is 0.641. The van der Waals surface area contributed by atoms with Crippen LogP contribution < -0.4 is 15.2 Å². The zero-order valence-corrected chi connectivity index (χ0v) is 13.8. The van der Waals surface area contributed by atoms with E-state index in [1.165, 1.54) is 0 Å². The molecule has 0 atom stereocenters. The minimum atomic E-state index is 0.765. The Bertz CT molecular complexity index is 604. The fraction of sp³-hybridized carbons (Fsp3) is 0.200. The fourth-order valence-electron chi connectivity index (χ4n) is 1.78. The first-order valence-electron chi connectivity index (χ1n) is 6.02. The predicted molar refractivity (Wildman–Crippen MR) is 87.7 cm³/mol. The number of ether oxygens (including phenoxy) is 2. The first-order valence-corrected chi connectivity index (χ1v) is 7.80. The summed E-state index contributed by atoms with van der Waals surface area (Å²) in [5.74, 6) is 2.44. The lowest BCUT2D eigenvalue weighted by Crippen LogP contribution is -1.93. The Morgan fingerprint density at radius 1 is 1.10 bits per heavy atom. The van der Waals surface area contributed by atoms with E-state index in [2.05, 4.69) is 15.9 Å². The third-order valence-corrected chi connectivity index (χ3v) is 4.46. The molecule has 0 fully saturated rings. The van der Waals surface area contributed by atoms with Gasteiger partial charge >= 0.3 is 0 Å². The van der Waals surface area contributed by atoms with Gasteiger partial charge in [-0.2, -0.15) is 0 Å². The summed E-state index contributed by atoms with van der Waals surface area (Å²) >= 11 is 5.13. The van der Waals surface area contributed by atoms with Crippen LogP contribution in [0.25, 0.3) is 0 Å². The van der Waals surface area contributed by atoms with Crippen LogP contribution in [0.5, 0.6) is 11.5 Å². The highest BCUT2D eigenvalue weighted by Crippen LogP contribution is 2.34. The highest BCUT2D eigenvalue weighted by Gasteiger charge is 2.07. The van der Waals surface area contributed by atoms with Gasteiger partial charge in [-0.05, 0) is 36.4 Å². The van der Waals surface area contributed by atoms with Crippen LogP contribution in [0.15, 0.2) is 45.8 Å². The van der Waals surface area contributed by atoms with Crippen LogP contribution >= 0.6 is 27.7 Å². The Balaban J connectivity index is 2.19. The smallest absolute Gasteiger partial charge is 0.123 e. The average Bonchev–Trinajstić information content (AvgIpc) is 2.47. The summed E-state index contributed by atoms with van der Waals surface area (Å²) in [4.78, 5) is 1.05. The Labute approximate surface area is 131 Å². The van der Waals surface area contributed by atoms with Crippen LogP contribution in [0.4, 0.5) is 5.69 Å². The van der Waals surface area contributed by atoms with Crippen LogP contribution in [0.1, 0.15) is 5.56 Å². The van der Waals surface area contributed by atoms with Gasteiger partial charge in [0.1, 0.15) is 11.5 Å². The lowest BCUT2D eigenvalue weighted by molar-refractivity contribution is 0.400. The van der Waals surface area contributed by atoms with E-state index in [-0.39, 0.29) is 0 Å². The minimum Gasteiger partial charge on any atom is -0.497 e. The summed E-state index contributed by atoms with van der Waals surface area (Å²) in [5, 5.41) is 0. The molecule has 0 aromatic heterocycles. The van der Waals surface area contributed by atoms with Crippen molar-refractivity contribution in [3.05, 3.63) is 46.4 Å². The predicted octanol–water partition coefficient (Wildman–Crippen LogP) is 4.34. The molecule has 0 aliphatic heterocycles. The van der Waals surface area contributed by atoms with E-state index >= 15 is 0 Å². The normalized spacial score (nSPS) is 10.3. The molecule has 0 aliphatic rings. The van der Waals surface area contributed by atoms with Crippen molar-refractivity contribution in [2.24, 2.45) is 0 Å². The van der Waals surface area contributed by atoms with Gasteiger partial charge in [0.05, 0.1) is 14.2 Å². The van der Waals surface area contributed by atoms with Gasteiger partial charge in [0.25, 0.3) is 0 Å². The van der Waals surface area contributed by atoms with E-state index in [9.17, 15) is 0 Å². The summed E-state index contributed by atoms with van der Waals surface area (Å²) in [6.45, 7) is 0. The molecule has 0 spiro atoms. The third-order valence-electron chi connectivity index (χ3n) is 2.85. The SMILES string of the molecule is COc1ccc(OC)c(CSc2cc(Br)ccc2N)c1. The van der Waals surface area contributed by atoms with Gasteiger partial charge in [0.2, 0.25) is 0 Å². The van der Waals surface area contributed by atoms with E-state index < -0.39 is 0 Å². The number of anilines is 1. The van der Waals surface area contributed by atoms with Crippen LogP contribution in [0, 0.1) is 0 Å². The van der Waals surface area contributed by atoms with Crippen molar-refractivity contribution in [1.82, 2.24) is 0 Å². The number of thioether (sulfide) groups is 1. The van der Waals surface area contributed by atoms with Gasteiger partial charge < -0.3 is 15.2 Å². The number of nitrogen functional groups attached to an aromatic ring is 1. The molecule has 2 rings (SSSR count). The lowest BCUT2D eigenvalue weighted by atomic mass is 10.2. The van der Waals surface area contributed by atoms with Crippen molar-refractivity contribution in [3.8, 4) is 11.5 Å². The maximum Gasteiger partial charge on any atom is 0.123 e. The number of hydrogen-bond donors (Lipinski definition) is 1. The molecule has 2 N–H and O–H groups in total. The summed E-state index contributed by atoms with van der Waals surface area (Å²) < 4.78 is 11.7. The van der Waals surface area contributed by atoms with E-state index in [0.29, 0.717) is 0 Å². The number of rotatable bonds is 5. The summed E-state index contributed by atoms with van der Waals surface area (Å²) in [5.41, 5.74) is 7.84. The zero-order valence-electron chi connectivity index (χ0n) is 11.4. The molecule has 0 unspecified atom stereocenters. The molecular weight excluding hydrogens is 338 g/mol. The molecule has 3 nitrogen and oxygen atoms in total. The Morgan fingerprint density at radius 3 is 2.60 bits per heavy atom. The van der Waals surface area contributed by atoms with Crippen LogP contribution in [-0.2, 0) is 5.75 Å². The van der Waals surface area contributed by atoms with Crippen molar-refractivity contribution >= 4 is 33.4 Å². The molecule has 5 heteroatoms. The van der Waals surface area contributed by atoms with Crippen molar-refractivity contribution in [2.45, 2.75) is 10.6 Å². The van der Waals surface area contributed by atoms with Crippen LogP contribution in [0.3, 0.4) is 0 Å². The number of benzene rings is 2.